The second-order valence-corrected chi connectivity index (χ2v) is 8.87. The molecule has 1 saturated heterocycles. The van der Waals surface area contributed by atoms with Gasteiger partial charge < -0.3 is 14.2 Å². The summed E-state index contributed by atoms with van der Waals surface area (Å²) in [5.74, 6) is -4.89. The molecule has 1 aliphatic carbocycles. The Bertz CT molecular complexity index is 969. The van der Waals surface area contributed by atoms with E-state index in [1.165, 1.54) is 12.1 Å². The molecule has 3 nitrogen and oxygen atoms in total. The van der Waals surface area contributed by atoms with Crippen molar-refractivity contribution in [3.63, 3.8) is 0 Å². The fraction of sp³-hybridized carbons (Fsp3) is 0.462. The number of rotatable bonds is 6. The molecule has 0 atom stereocenters. The highest BCUT2D eigenvalue weighted by Gasteiger charge is 2.36. The highest BCUT2D eigenvalue weighted by atomic mass is 19.3. The lowest BCUT2D eigenvalue weighted by atomic mass is 9.78. The third kappa shape index (κ3) is 5.61. The van der Waals surface area contributed by atoms with E-state index in [9.17, 15) is 22.0 Å². The van der Waals surface area contributed by atoms with Crippen LogP contribution in [0.15, 0.2) is 48.6 Å². The van der Waals surface area contributed by atoms with Crippen molar-refractivity contribution in [2.45, 2.75) is 50.9 Å². The van der Waals surface area contributed by atoms with Gasteiger partial charge in [0.05, 0.1) is 18.8 Å². The van der Waals surface area contributed by atoms with E-state index in [4.69, 9.17) is 9.47 Å². The van der Waals surface area contributed by atoms with Crippen molar-refractivity contribution in [2.75, 3.05) is 13.2 Å². The third-order valence-corrected chi connectivity index (χ3v) is 6.49. The van der Waals surface area contributed by atoms with E-state index in [0.29, 0.717) is 37.2 Å². The quantitative estimate of drug-likeness (QED) is 0.250. The Morgan fingerprint density at radius 1 is 0.912 bits per heavy atom. The molecule has 1 aliphatic heterocycles. The molecule has 1 heterocycles. The van der Waals surface area contributed by atoms with Crippen molar-refractivity contribution in [2.24, 2.45) is 11.8 Å². The lowest BCUT2D eigenvalue weighted by molar-refractivity contribution is -0.222. The number of hydrogen-bond donors (Lipinski definition) is 0. The summed E-state index contributed by atoms with van der Waals surface area (Å²) in [6, 6.07) is 6.51. The van der Waals surface area contributed by atoms with E-state index in [1.807, 2.05) is 13.0 Å². The highest BCUT2D eigenvalue weighted by Crippen LogP contribution is 2.40. The van der Waals surface area contributed by atoms with Crippen molar-refractivity contribution in [3.05, 3.63) is 77.1 Å². The second kappa shape index (κ2) is 10.4. The first-order chi connectivity index (χ1) is 16.3. The average molecular weight is 482 g/mol. The van der Waals surface area contributed by atoms with Gasteiger partial charge in [0.25, 0.3) is 0 Å². The molecule has 0 aromatic heterocycles. The van der Waals surface area contributed by atoms with Crippen LogP contribution in [0, 0.1) is 29.3 Å². The van der Waals surface area contributed by atoms with Crippen LogP contribution in [-0.4, -0.2) is 19.5 Å². The van der Waals surface area contributed by atoms with Crippen LogP contribution in [0.5, 0.6) is 5.75 Å². The van der Waals surface area contributed by atoms with Crippen molar-refractivity contribution in [1.29, 1.82) is 0 Å². The van der Waals surface area contributed by atoms with Crippen LogP contribution in [0.1, 0.15) is 49.7 Å². The van der Waals surface area contributed by atoms with Crippen LogP contribution in [0.2, 0.25) is 0 Å². The number of allylic oxidation sites excluding steroid dienone is 1. The molecule has 1 saturated carbocycles. The SMILES string of the molecule is C/C=C/C1COC(C2CCC(c3ccc(C(F)(F)Oc4cc(F)c(F)c(F)c4)cc3)CC2)OC1. The Hall–Kier alpha value is -2.45. The maximum absolute atomic E-state index is 14.5. The number of halogens is 5. The Morgan fingerprint density at radius 3 is 2.06 bits per heavy atom. The van der Waals surface area contributed by atoms with Gasteiger partial charge in [0.2, 0.25) is 0 Å². The standard InChI is InChI=1S/C26H27F5O3/c1-2-3-16-14-32-25(33-15-16)19-6-4-17(5-7-19)18-8-10-20(11-9-18)26(30,31)34-21-12-22(27)24(29)23(28)13-21/h2-3,8-13,16-17,19,25H,4-7,14-15H2,1H3/b3-2+. The molecule has 0 spiro atoms. The smallest absolute Gasteiger partial charge is 0.426 e. The first kappa shape index (κ1) is 24.7. The normalized spacial score (nSPS) is 26.1. The zero-order valence-corrected chi connectivity index (χ0v) is 18.8. The Kier molecular flexibility index (Phi) is 7.57. The minimum atomic E-state index is -3.84. The molecule has 0 unspecified atom stereocenters. The summed E-state index contributed by atoms with van der Waals surface area (Å²) in [5, 5.41) is 0. The molecule has 2 fully saturated rings. The summed E-state index contributed by atoms with van der Waals surface area (Å²) in [7, 11) is 0. The van der Waals surface area contributed by atoms with Gasteiger partial charge in [-0.05, 0) is 56.2 Å². The molecule has 184 valence electrons. The molecule has 0 radical (unpaired) electrons. The van der Waals surface area contributed by atoms with Gasteiger partial charge in [0.15, 0.2) is 23.7 Å². The van der Waals surface area contributed by atoms with E-state index < -0.39 is 34.9 Å². The van der Waals surface area contributed by atoms with E-state index in [1.54, 1.807) is 12.1 Å². The molecule has 2 aliphatic rings. The van der Waals surface area contributed by atoms with Gasteiger partial charge in [0, 0.05) is 24.0 Å². The molecular formula is C26H27F5O3. The van der Waals surface area contributed by atoms with Gasteiger partial charge in [0.1, 0.15) is 5.75 Å². The van der Waals surface area contributed by atoms with Crippen LogP contribution in [0.4, 0.5) is 22.0 Å². The van der Waals surface area contributed by atoms with Crippen LogP contribution in [-0.2, 0) is 15.6 Å². The molecule has 2 aromatic rings. The predicted molar refractivity (Wildman–Crippen MR) is 116 cm³/mol. The van der Waals surface area contributed by atoms with Gasteiger partial charge in [-0.1, -0.05) is 24.3 Å². The zero-order chi connectivity index (χ0) is 24.3. The molecule has 0 amide bonds. The molecular weight excluding hydrogens is 455 g/mol. The Morgan fingerprint density at radius 2 is 1.50 bits per heavy atom. The summed E-state index contributed by atoms with van der Waals surface area (Å²) >= 11 is 0. The van der Waals surface area contributed by atoms with E-state index in [2.05, 4.69) is 10.8 Å². The number of hydrogen-bond acceptors (Lipinski definition) is 3. The lowest BCUT2D eigenvalue weighted by Gasteiger charge is -2.37. The summed E-state index contributed by atoms with van der Waals surface area (Å²) in [4.78, 5) is 0. The van der Waals surface area contributed by atoms with Crippen LogP contribution < -0.4 is 4.74 Å². The largest absolute Gasteiger partial charge is 0.429 e. The predicted octanol–water partition coefficient (Wildman–Crippen LogP) is 7.07. The minimum absolute atomic E-state index is 0.193. The first-order valence-electron chi connectivity index (χ1n) is 11.4. The monoisotopic (exact) mass is 482 g/mol. The molecule has 8 heteroatoms. The summed E-state index contributed by atoms with van der Waals surface area (Å²) in [6.07, 6.45) is 3.69. The Labute approximate surface area is 195 Å². The molecule has 0 N–H and O–H groups in total. The second-order valence-electron chi connectivity index (χ2n) is 8.87. The van der Waals surface area contributed by atoms with Crippen molar-refractivity contribution in [1.82, 2.24) is 0 Å². The topological polar surface area (TPSA) is 27.7 Å². The molecule has 2 aromatic carbocycles. The summed E-state index contributed by atoms with van der Waals surface area (Å²) in [5.41, 5.74) is 0.477. The molecule has 4 rings (SSSR count). The van der Waals surface area contributed by atoms with E-state index in [0.717, 1.165) is 31.2 Å². The summed E-state index contributed by atoms with van der Waals surface area (Å²) < 4.78 is 85.0. The van der Waals surface area contributed by atoms with E-state index in [-0.39, 0.29) is 12.2 Å². The number of alkyl halides is 2. The highest BCUT2D eigenvalue weighted by molar-refractivity contribution is 5.30. The fourth-order valence-electron chi connectivity index (χ4n) is 4.66. The van der Waals surface area contributed by atoms with Gasteiger partial charge in [-0.2, -0.15) is 8.78 Å². The van der Waals surface area contributed by atoms with Crippen molar-refractivity contribution < 1.29 is 36.2 Å². The fourth-order valence-corrected chi connectivity index (χ4v) is 4.66. The molecule has 34 heavy (non-hydrogen) atoms. The number of ether oxygens (including phenoxy) is 3. The lowest BCUT2D eigenvalue weighted by Crippen LogP contribution is -2.37. The van der Waals surface area contributed by atoms with Crippen LogP contribution in [0.3, 0.4) is 0 Å². The third-order valence-electron chi connectivity index (χ3n) is 6.49. The first-order valence-corrected chi connectivity index (χ1v) is 11.4. The zero-order valence-electron chi connectivity index (χ0n) is 18.8. The minimum Gasteiger partial charge on any atom is -0.429 e. The van der Waals surface area contributed by atoms with Gasteiger partial charge in [-0.3, -0.25) is 0 Å². The van der Waals surface area contributed by atoms with Crippen molar-refractivity contribution in [3.8, 4) is 5.75 Å². The van der Waals surface area contributed by atoms with Crippen LogP contribution in [0.25, 0.3) is 0 Å². The summed E-state index contributed by atoms with van der Waals surface area (Å²) in [6.45, 7) is 3.29. The van der Waals surface area contributed by atoms with Gasteiger partial charge in [-0.15, -0.1) is 0 Å². The average Bonchev–Trinajstić information content (AvgIpc) is 2.83. The van der Waals surface area contributed by atoms with Gasteiger partial charge in [-0.25, -0.2) is 13.2 Å². The molecule has 0 bridgehead atoms. The van der Waals surface area contributed by atoms with Crippen molar-refractivity contribution >= 4 is 0 Å². The van der Waals surface area contributed by atoms with E-state index >= 15 is 0 Å². The maximum atomic E-state index is 14.5. The number of benzene rings is 2. The van der Waals surface area contributed by atoms with Gasteiger partial charge >= 0.3 is 6.11 Å². The van der Waals surface area contributed by atoms with Crippen LogP contribution >= 0.6 is 0 Å². The maximum Gasteiger partial charge on any atom is 0.426 e. The Balaban J connectivity index is 1.33.